The first kappa shape index (κ1) is 19.9. The average molecular weight is 398 g/mol. The van der Waals surface area contributed by atoms with E-state index in [2.05, 4.69) is 41.1 Å². The Morgan fingerprint density at radius 1 is 1.18 bits per heavy atom. The molecule has 6 nitrogen and oxygen atoms in total. The van der Waals surface area contributed by atoms with Crippen molar-refractivity contribution in [1.82, 2.24) is 14.8 Å². The highest BCUT2D eigenvalue weighted by molar-refractivity contribution is 8.14. The lowest BCUT2D eigenvalue weighted by atomic mass is 10.2. The van der Waals surface area contributed by atoms with Crippen molar-refractivity contribution in [2.24, 2.45) is 0 Å². The number of aromatic nitrogens is 1. The van der Waals surface area contributed by atoms with E-state index < -0.39 is 0 Å². The highest BCUT2D eigenvalue weighted by atomic mass is 32.2. The summed E-state index contributed by atoms with van der Waals surface area (Å²) < 4.78 is 2.15. The van der Waals surface area contributed by atoms with Gasteiger partial charge in [0.05, 0.1) is 5.75 Å². The maximum Gasteiger partial charge on any atom is 0.288 e. The molecule has 1 saturated heterocycles. The summed E-state index contributed by atoms with van der Waals surface area (Å²) in [4.78, 5) is 36.3. The van der Waals surface area contributed by atoms with E-state index in [9.17, 15) is 14.4 Å². The van der Waals surface area contributed by atoms with Crippen molar-refractivity contribution >= 4 is 34.9 Å². The molecule has 1 aromatic carbocycles. The first-order valence-electron chi connectivity index (χ1n) is 9.06. The van der Waals surface area contributed by atoms with Crippen molar-refractivity contribution in [2.45, 2.75) is 20.8 Å². The molecule has 0 bridgehead atoms. The van der Waals surface area contributed by atoms with Crippen LogP contribution in [0.1, 0.15) is 22.5 Å². The van der Waals surface area contributed by atoms with Gasteiger partial charge < -0.3 is 9.88 Å². The van der Waals surface area contributed by atoms with Crippen LogP contribution in [0, 0.1) is 20.8 Å². The lowest BCUT2D eigenvalue weighted by Gasteiger charge is -2.12. The maximum absolute atomic E-state index is 12.1. The van der Waals surface area contributed by atoms with Crippen molar-refractivity contribution in [2.75, 3.05) is 18.8 Å². The fourth-order valence-electron chi connectivity index (χ4n) is 3.16. The zero-order valence-corrected chi connectivity index (χ0v) is 17.0. The van der Waals surface area contributed by atoms with Gasteiger partial charge in [0.15, 0.2) is 0 Å². The molecule has 7 heteroatoms. The number of carbonyl (C=O) groups excluding carboxylic acids is 3. The summed E-state index contributed by atoms with van der Waals surface area (Å²) in [7, 11) is 0. The Hall–Kier alpha value is -2.80. The van der Waals surface area contributed by atoms with E-state index >= 15 is 0 Å². The average Bonchev–Trinajstić information content (AvgIpc) is 3.13. The van der Waals surface area contributed by atoms with Crippen LogP contribution in [0.15, 0.2) is 36.4 Å². The van der Waals surface area contributed by atoms with E-state index in [-0.39, 0.29) is 35.9 Å². The molecule has 0 aliphatic carbocycles. The summed E-state index contributed by atoms with van der Waals surface area (Å²) in [6, 6.07) is 10.3. The summed E-state index contributed by atoms with van der Waals surface area (Å²) in [5.41, 5.74) is 5.40. The van der Waals surface area contributed by atoms with E-state index in [1.807, 2.05) is 19.9 Å². The van der Waals surface area contributed by atoms with Gasteiger partial charge in [-0.25, -0.2) is 0 Å². The predicted molar refractivity (Wildman–Crippen MR) is 112 cm³/mol. The molecule has 0 unspecified atom stereocenters. The van der Waals surface area contributed by atoms with Crippen LogP contribution < -0.4 is 5.32 Å². The topological polar surface area (TPSA) is 71.4 Å². The van der Waals surface area contributed by atoms with Gasteiger partial charge >= 0.3 is 0 Å². The summed E-state index contributed by atoms with van der Waals surface area (Å²) >= 11 is 0.992. The first-order valence-corrected chi connectivity index (χ1v) is 10.0. The molecule has 1 aliphatic rings. The fourth-order valence-corrected chi connectivity index (χ4v) is 3.91. The number of hydrogen-bond acceptors (Lipinski definition) is 4. The number of hydrogen-bond donors (Lipinski definition) is 1. The third-order valence-electron chi connectivity index (χ3n) is 4.65. The number of aryl methyl sites for hydroxylation is 2. The van der Waals surface area contributed by atoms with Gasteiger partial charge in [0.1, 0.15) is 0 Å². The number of imide groups is 1. The molecule has 1 aromatic heterocycles. The van der Waals surface area contributed by atoms with Crippen LogP contribution in [-0.4, -0.2) is 45.4 Å². The molecule has 28 heavy (non-hydrogen) atoms. The largest absolute Gasteiger partial charge is 0.351 e. The normalized spacial score (nSPS) is 14.3. The van der Waals surface area contributed by atoms with Crippen molar-refractivity contribution in [3.63, 3.8) is 0 Å². The molecule has 0 atom stereocenters. The molecule has 3 amide bonds. The minimum Gasteiger partial charge on any atom is -0.351 e. The van der Waals surface area contributed by atoms with Crippen LogP contribution >= 0.6 is 11.8 Å². The number of nitrogens with one attached hydrogen (secondary N) is 1. The van der Waals surface area contributed by atoms with E-state index in [0.29, 0.717) is 0 Å². The van der Waals surface area contributed by atoms with E-state index in [1.54, 1.807) is 6.08 Å². The van der Waals surface area contributed by atoms with Crippen molar-refractivity contribution in [1.29, 1.82) is 0 Å². The van der Waals surface area contributed by atoms with Crippen LogP contribution in [0.25, 0.3) is 11.8 Å². The number of amides is 3. The molecule has 1 N–H and O–H groups in total. The van der Waals surface area contributed by atoms with Gasteiger partial charge in [0.2, 0.25) is 11.8 Å². The zero-order chi connectivity index (χ0) is 20.3. The molecule has 1 fully saturated rings. The minimum absolute atomic E-state index is 0.184. The quantitative estimate of drug-likeness (QED) is 0.760. The molecule has 2 aromatic rings. The van der Waals surface area contributed by atoms with Gasteiger partial charge in [-0.2, -0.15) is 0 Å². The van der Waals surface area contributed by atoms with Crippen LogP contribution in [0.2, 0.25) is 0 Å². The van der Waals surface area contributed by atoms with Crippen LogP contribution in [0.5, 0.6) is 0 Å². The van der Waals surface area contributed by atoms with Crippen molar-refractivity contribution in [3.8, 4) is 5.69 Å². The van der Waals surface area contributed by atoms with E-state index in [1.165, 1.54) is 16.5 Å². The molecular weight excluding hydrogens is 374 g/mol. The van der Waals surface area contributed by atoms with Crippen LogP contribution in [0.4, 0.5) is 4.79 Å². The SMILES string of the molecule is Cc1ccc(-n2c(C)cc(C=CC(=O)NCCN3C(=O)CSC3=O)c2C)cc1. The number of thioether (sulfide) groups is 1. The lowest BCUT2D eigenvalue weighted by molar-refractivity contribution is -0.125. The number of carbonyl (C=O) groups is 3. The monoisotopic (exact) mass is 397 g/mol. The van der Waals surface area contributed by atoms with Gasteiger partial charge in [-0.05, 0) is 50.6 Å². The van der Waals surface area contributed by atoms with E-state index in [0.717, 1.165) is 34.4 Å². The highest BCUT2D eigenvalue weighted by Gasteiger charge is 2.29. The minimum atomic E-state index is -0.258. The molecule has 2 heterocycles. The standard InChI is InChI=1S/C21H23N3O3S/c1-14-4-7-18(8-5-14)24-15(2)12-17(16(24)3)6-9-19(25)22-10-11-23-20(26)13-28-21(23)27/h4-9,12H,10-11,13H2,1-3H3,(H,22,25). The maximum atomic E-state index is 12.1. The highest BCUT2D eigenvalue weighted by Crippen LogP contribution is 2.22. The summed E-state index contributed by atoms with van der Waals surface area (Å²) in [5.74, 6) is -0.279. The Labute approximate surface area is 168 Å². The summed E-state index contributed by atoms with van der Waals surface area (Å²) in [6.45, 7) is 6.55. The van der Waals surface area contributed by atoms with E-state index in [4.69, 9.17) is 0 Å². The summed E-state index contributed by atoms with van der Waals surface area (Å²) in [5, 5.41) is 2.46. The predicted octanol–water partition coefficient (Wildman–Crippen LogP) is 3.23. The molecule has 1 aliphatic heterocycles. The Kier molecular flexibility index (Phi) is 6.04. The smallest absolute Gasteiger partial charge is 0.288 e. The van der Waals surface area contributed by atoms with Crippen LogP contribution in [-0.2, 0) is 9.59 Å². The Morgan fingerprint density at radius 3 is 2.54 bits per heavy atom. The molecular formula is C21H23N3O3S. The first-order chi connectivity index (χ1) is 13.4. The second-order valence-electron chi connectivity index (χ2n) is 6.72. The number of rotatable bonds is 6. The second-order valence-corrected chi connectivity index (χ2v) is 7.65. The van der Waals surface area contributed by atoms with Gasteiger partial charge in [-0.1, -0.05) is 29.5 Å². The van der Waals surface area contributed by atoms with Gasteiger partial charge in [-0.3, -0.25) is 19.3 Å². The van der Waals surface area contributed by atoms with Gasteiger partial charge in [-0.15, -0.1) is 0 Å². The molecule has 0 radical (unpaired) electrons. The second kappa shape index (κ2) is 8.48. The van der Waals surface area contributed by atoms with Gasteiger partial charge in [0.25, 0.3) is 5.24 Å². The summed E-state index contributed by atoms with van der Waals surface area (Å²) in [6.07, 6.45) is 3.26. The Bertz CT molecular complexity index is 929. The molecule has 0 saturated carbocycles. The Balaban J connectivity index is 1.61. The van der Waals surface area contributed by atoms with Gasteiger partial charge in [0, 0.05) is 36.2 Å². The zero-order valence-electron chi connectivity index (χ0n) is 16.2. The third kappa shape index (κ3) is 4.36. The number of benzene rings is 1. The lowest BCUT2D eigenvalue weighted by Crippen LogP contribution is -2.37. The molecule has 3 rings (SSSR count). The molecule has 0 spiro atoms. The van der Waals surface area contributed by atoms with Crippen molar-refractivity contribution < 1.29 is 14.4 Å². The van der Waals surface area contributed by atoms with Crippen LogP contribution in [0.3, 0.4) is 0 Å². The molecule has 146 valence electrons. The third-order valence-corrected chi connectivity index (χ3v) is 5.51. The fraction of sp³-hybridized carbons (Fsp3) is 0.286. The van der Waals surface area contributed by atoms with Crippen molar-refractivity contribution in [3.05, 3.63) is 58.9 Å². The Morgan fingerprint density at radius 2 is 1.89 bits per heavy atom. The number of nitrogens with zero attached hydrogens (tertiary/aromatic N) is 2.